The first-order valence-corrected chi connectivity index (χ1v) is 11.0. The highest BCUT2D eigenvalue weighted by Gasteiger charge is 2.23. The minimum atomic E-state index is -0.151. The van der Waals surface area contributed by atoms with E-state index >= 15 is 0 Å². The summed E-state index contributed by atoms with van der Waals surface area (Å²) in [6.07, 6.45) is 2.78. The molecule has 1 saturated heterocycles. The van der Waals surface area contributed by atoms with Gasteiger partial charge >= 0.3 is 0 Å². The van der Waals surface area contributed by atoms with Crippen molar-refractivity contribution in [3.8, 4) is 0 Å². The summed E-state index contributed by atoms with van der Waals surface area (Å²) < 4.78 is 0. The summed E-state index contributed by atoms with van der Waals surface area (Å²) >= 11 is 1.38. The summed E-state index contributed by atoms with van der Waals surface area (Å²) in [6, 6.07) is 8.78. The Morgan fingerprint density at radius 1 is 1.17 bits per heavy atom. The van der Waals surface area contributed by atoms with E-state index in [0.717, 1.165) is 43.2 Å². The molecule has 0 saturated carbocycles. The molecule has 0 spiro atoms. The SMILES string of the molecule is CC(Cc1c[nH]c2ccccc12)NC(=O)c1nnc(N2CCN(C(C)C)CC2)s1. The molecular formula is C21H28N6OS. The van der Waals surface area contributed by atoms with Crippen molar-refractivity contribution in [2.45, 2.75) is 39.3 Å². The molecule has 1 atom stereocenters. The Bertz CT molecular complexity index is 972. The Morgan fingerprint density at radius 3 is 2.69 bits per heavy atom. The van der Waals surface area contributed by atoms with E-state index in [1.54, 1.807) is 0 Å². The van der Waals surface area contributed by atoms with Crippen LogP contribution in [0.4, 0.5) is 5.13 Å². The Labute approximate surface area is 175 Å². The number of para-hydroxylation sites is 1. The number of hydrogen-bond acceptors (Lipinski definition) is 6. The molecule has 1 unspecified atom stereocenters. The summed E-state index contributed by atoms with van der Waals surface area (Å²) in [5, 5.41) is 13.9. The molecule has 1 aliphatic heterocycles. The summed E-state index contributed by atoms with van der Waals surface area (Å²) in [4.78, 5) is 20.6. The average molecular weight is 413 g/mol. The molecule has 1 amide bonds. The van der Waals surface area contributed by atoms with E-state index in [2.05, 4.69) is 56.3 Å². The number of carbonyl (C=O) groups is 1. The van der Waals surface area contributed by atoms with Crippen LogP contribution in [0.2, 0.25) is 0 Å². The van der Waals surface area contributed by atoms with Crippen LogP contribution in [0.25, 0.3) is 10.9 Å². The van der Waals surface area contributed by atoms with Gasteiger partial charge < -0.3 is 15.2 Å². The molecule has 1 aliphatic rings. The van der Waals surface area contributed by atoms with E-state index in [9.17, 15) is 4.79 Å². The van der Waals surface area contributed by atoms with Crippen LogP contribution in [-0.2, 0) is 6.42 Å². The van der Waals surface area contributed by atoms with Gasteiger partial charge in [0.1, 0.15) is 0 Å². The Hall–Kier alpha value is -2.45. The van der Waals surface area contributed by atoms with Crippen LogP contribution in [0.15, 0.2) is 30.5 Å². The molecule has 29 heavy (non-hydrogen) atoms. The second-order valence-electron chi connectivity index (χ2n) is 7.94. The fourth-order valence-electron chi connectivity index (χ4n) is 3.83. The van der Waals surface area contributed by atoms with Crippen molar-refractivity contribution in [1.82, 2.24) is 25.4 Å². The minimum absolute atomic E-state index is 0.00337. The summed E-state index contributed by atoms with van der Waals surface area (Å²) in [5.74, 6) is -0.151. The number of anilines is 1. The van der Waals surface area contributed by atoms with Gasteiger partial charge in [-0.2, -0.15) is 0 Å². The number of fused-ring (bicyclic) bond motifs is 1. The number of piperazine rings is 1. The van der Waals surface area contributed by atoms with Gasteiger partial charge in [-0.3, -0.25) is 9.69 Å². The van der Waals surface area contributed by atoms with Crippen molar-refractivity contribution >= 4 is 33.3 Å². The van der Waals surface area contributed by atoms with Gasteiger partial charge in [0.25, 0.3) is 5.91 Å². The Kier molecular flexibility index (Phi) is 5.82. The maximum absolute atomic E-state index is 12.6. The third kappa shape index (κ3) is 4.43. The third-order valence-corrected chi connectivity index (χ3v) is 6.48. The van der Waals surface area contributed by atoms with Crippen LogP contribution in [0, 0.1) is 0 Å². The van der Waals surface area contributed by atoms with E-state index in [1.165, 1.54) is 22.3 Å². The zero-order valence-corrected chi connectivity index (χ0v) is 18.0. The highest BCUT2D eigenvalue weighted by Crippen LogP contribution is 2.23. The number of carbonyl (C=O) groups excluding carboxylic acids is 1. The lowest BCUT2D eigenvalue weighted by Gasteiger charge is -2.36. The molecule has 0 radical (unpaired) electrons. The van der Waals surface area contributed by atoms with Gasteiger partial charge in [0, 0.05) is 55.4 Å². The van der Waals surface area contributed by atoms with E-state index in [-0.39, 0.29) is 11.9 Å². The van der Waals surface area contributed by atoms with E-state index < -0.39 is 0 Å². The Balaban J connectivity index is 1.34. The van der Waals surface area contributed by atoms with Gasteiger partial charge in [-0.25, -0.2) is 0 Å². The van der Waals surface area contributed by atoms with Crippen molar-refractivity contribution in [3.63, 3.8) is 0 Å². The number of benzene rings is 1. The number of amides is 1. The van der Waals surface area contributed by atoms with E-state index in [0.29, 0.717) is 11.0 Å². The molecule has 1 fully saturated rings. The van der Waals surface area contributed by atoms with Gasteiger partial charge in [0.15, 0.2) is 0 Å². The van der Waals surface area contributed by atoms with Crippen LogP contribution in [-0.4, -0.2) is 64.3 Å². The number of aromatic amines is 1. The number of hydrogen-bond donors (Lipinski definition) is 2. The van der Waals surface area contributed by atoms with Crippen molar-refractivity contribution in [3.05, 3.63) is 41.0 Å². The minimum Gasteiger partial charge on any atom is -0.361 e. The fourth-order valence-corrected chi connectivity index (χ4v) is 4.63. The molecule has 7 nitrogen and oxygen atoms in total. The average Bonchev–Trinajstić information content (AvgIpc) is 3.36. The largest absolute Gasteiger partial charge is 0.361 e. The van der Waals surface area contributed by atoms with Crippen LogP contribution in [0.3, 0.4) is 0 Å². The Morgan fingerprint density at radius 2 is 1.93 bits per heavy atom. The highest BCUT2D eigenvalue weighted by molar-refractivity contribution is 7.17. The summed E-state index contributed by atoms with van der Waals surface area (Å²) in [5.41, 5.74) is 2.32. The van der Waals surface area contributed by atoms with Gasteiger partial charge in [-0.05, 0) is 38.8 Å². The monoisotopic (exact) mass is 412 g/mol. The maximum atomic E-state index is 12.6. The predicted octanol–water partition coefficient (Wildman–Crippen LogP) is 2.91. The molecule has 4 rings (SSSR count). The molecule has 0 bridgehead atoms. The van der Waals surface area contributed by atoms with Gasteiger partial charge in [0.05, 0.1) is 0 Å². The van der Waals surface area contributed by atoms with Gasteiger partial charge in [-0.1, -0.05) is 29.5 Å². The first-order valence-electron chi connectivity index (χ1n) is 10.2. The second kappa shape index (κ2) is 8.51. The molecule has 3 aromatic rings. The maximum Gasteiger partial charge on any atom is 0.282 e. The zero-order chi connectivity index (χ0) is 20.4. The molecule has 0 aliphatic carbocycles. The number of H-pyrrole nitrogens is 1. The van der Waals surface area contributed by atoms with Crippen molar-refractivity contribution in [2.75, 3.05) is 31.1 Å². The zero-order valence-electron chi connectivity index (χ0n) is 17.2. The van der Waals surface area contributed by atoms with Crippen molar-refractivity contribution in [1.29, 1.82) is 0 Å². The smallest absolute Gasteiger partial charge is 0.282 e. The number of rotatable bonds is 6. The fraction of sp³-hybridized carbons (Fsp3) is 0.476. The topological polar surface area (TPSA) is 77.1 Å². The first kappa shape index (κ1) is 19.8. The van der Waals surface area contributed by atoms with Gasteiger partial charge in [0.2, 0.25) is 10.1 Å². The summed E-state index contributed by atoms with van der Waals surface area (Å²) in [7, 11) is 0. The first-order chi connectivity index (χ1) is 14.0. The lowest BCUT2D eigenvalue weighted by Crippen LogP contribution is -2.48. The molecule has 8 heteroatoms. The van der Waals surface area contributed by atoms with E-state index in [1.807, 2.05) is 25.3 Å². The number of aromatic nitrogens is 3. The van der Waals surface area contributed by atoms with Crippen LogP contribution < -0.4 is 10.2 Å². The molecule has 1 aromatic carbocycles. The molecule has 2 N–H and O–H groups in total. The molecule has 154 valence electrons. The quantitative estimate of drug-likeness (QED) is 0.651. The van der Waals surface area contributed by atoms with Gasteiger partial charge in [-0.15, -0.1) is 10.2 Å². The molecule has 3 heterocycles. The van der Waals surface area contributed by atoms with Crippen LogP contribution in [0.5, 0.6) is 0 Å². The third-order valence-electron chi connectivity index (χ3n) is 5.50. The molecule has 2 aromatic heterocycles. The van der Waals surface area contributed by atoms with E-state index in [4.69, 9.17) is 0 Å². The second-order valence-corrected chi connectivity index (χ2v) is 8.90. The van der Waals surface area contributed by atoms with Crippen LogP contribution >= 0.6 is 11.3 Å². The number of nitrogens with one attached hydrogen (secondary N) is 2. The standard InChI is InChI=1S/C21H28N6OS/c1-14(2)26-8-10-27(11-9-26)21-25-24-20(29-21)19(28)23-15(3)12-16-13-22-18-7-5-4-6-17(16)18/h4-7,13-15,22H,8-12H2,1-3H3,(H,23,28). The normalized spacial score (nSPS) is 16.5. The lowest BCUT2D eigenvalue weighted by molar-refractivity contribution is 0.0939. The van der Waals surface area contributed by atoms with Crippen molar-refractivity contribution in [2.24, 2.45) is 0 Å². The van der Waals surface area contributed by atoms with Crippen molar-refractivity contribution < 1.29 is 4.79 Å². The lowest BCUT2D eigenvalue weighted by atomic mass is 10.1. The predicted molar refractivity (Wildman–Crippen MR) is 118 cm³/mol. The summed E-state index contributed by atoms with van der Waals surface area (Å²) in [6.45, 7) is 10.3. The molecular weight excluding hydrogens is 384 g/mol. The number of nitrogens with zero attached hydrogens (tertiary/aromatic N) is 4. The highest BCUT2D eigenvalue weighted by atomic mass is 32.1. The van der Waals surface area contributed by atoms with Crippen LogP contribution in [0.1, 0.15) is 36.1 Å².